The lowest BCUT2D eigenvalue weighted by molar-refractivity contribution is -0.120. The maximum absolute atomic E-state index is 12.5. The highest BCUT2D eigenvalue weighted by Gasteiger charge is 2.15. The molecule has 1 N–H and O–H groups in total. The minimum Gasteiger partial charge on any atom is -0.493 e. The summed E-state index contributed by atoms with van der Waals surface area (Å²) in [5.41, 5.74) is 2.09. The van der Waals surface area contributed by atoms with Crippen LogP contribution in [0.2, 0.25) is 0 Å². The van der Waals surface area contributed by atoms with E-state index in [9.17, 15) is 4.79 Å². The fraction of sp³-hybridized carbons (Fsp3) is 0.273. The lowest BCUT2D eigenvalue weighted by atomic mass is 10.2. The van der Waals surface area contributed by atoms with Gasteiger partial charge in [-0.15, -0.1) is 11.8 Å². The molecule has 0 aliphatic carbocycles. The summed E-state index contributed by atoms with van der Waals surface area (Å²) in [5.74, 6) is 2.24. The molecular formula is C22H25N3O3S. The van der Waals surface area contributed by atoms with Crippen LogP contribution in [0.5, 0.6) is 11.5 Å². The maximum atomic E-state index is 12.5. The number of methoxy groups -OCH3 is 2. The van der Waals surface area contributed by atoms with E-state index in [0.717, 1.165) is 22.0 Å². The average Bonchev–Trinajstić information content (AvgIpc) is 3.18. The molecule has 1 heterocycles. The zero-order chi connectivity index (χ0) is 20.8. The standard InChI is InChI=1S/C22H25N3O3S/c1-15(29-19-9-10-20(27-3)21(13-19)28-4)22(26)24-14-17-5-7-18(8-6-17)25-12-11-23-16(25)2/h5-13,15H,14H2,1-4H3,(H,24,26). The summed E-state index contributed by atoms with van der Waals surface area (Å²) in [5, 5.41) is 2.77. The zero-order valence-corrected chi connectivity index (χ0v) is 17.8. The van der Waals surface area contributed by atoms with Gasteiger partial charge in [-0.25, -0.2) is 4.98 Å². The number of benzene rings is 2. The predicted octanol–water partition coefficient (Wildman–Crippen LogP) is 3.99. The van der Waals surface area contributed by atoms with Gasteiger partial charge in [0.2, 0.25) is 5.91 Å². The number of imidazole rings is 1. The largest absolute Gasteiger partial charge is 0.493 e. The number of hydrogen-bond donors (Lipinski definition) is 1. The van der Waals surface area contributed by atoms with Crippen LogP contribution in [0, 0.1) is 6.92 Å². The molecule has 2 aromatic carbocycles. The Morgan fingerprint density at radius 1 is 1.14 bits per heavy atom. The Morgan fingerprint density at radius 2 is 1.86 bits per heavy atom. The summed E-state index contributed by atoms with van der Waals surface area (Å²) in [6.07, 6.45) is 3.71. The zero-order valence-electron chi connectivity index (χ0n) is 17.0. The molecule has 3 rings (SSSR count). The fourth-order valence-electron chi connectivity index (χ4n) is 2.91. The van der Waals surface area contributed by atoms with Crippen LogP contribution in [0.25, 0.3) is 5.69 Å². The van der Waals surface area contributed by atoms with Crippen molar-refractivity contribution in [2.45, 2.75) is 30.5 Å². The number of nitrogens with zero attached hydrogens (tertiary/aromatic N) is 2. The average molecular weight is 412 g/mol. The monoisotopic (exact) mass is 411 g/mol. The van der Waals surface area contributed by atoms with E-state index in [1.54, 1.807) is 20.4 Å². The highest BCUT2D eigenvalue weighted by Crippen LogP contribution is 2.33. The Labute approximate surface area is 175 Å². The number of aryl methyl sites for hydroxylation is 1. The quantitative estimate of drug-likeness (QED) is 0.568. The molecule has 7 heteroatoms. The molecule has 1 aromatic heterocycles. The molecule has 1 atom stereocenters. The third kappa shape index (κ3) is 5.12. The first-order valence-corrected chi connectivity index (χ1v) is 10.2. The summed E-state index contributed by atoms with van der Waals surface area (Å²) < 4.78 is 12.6. The number of hydrogen-bond acceptors (Lipinski definition) is 5. The first kappa shape index (κ1) is 20.8. The second kappa shape index (κ2) is 9.52. The van der Waals surface area contributed by atoms with Crippen molar-refractivity contribution in [2.75, 3.05) is 14.2 Å². The van der Waals surface area contributed by atoms with Gasteiger partial charge < -0.3 is 19.4 Å². The maximum Gasteiger partial charge on any atom is 0.233 e. The van der Waals surface area contributed by atoms with Gasteiger partial charge in [0.15, 0.2) is 11.5 Å². The molecule has 0 spiro atoms. The molecule has 0 saturated carbocycles. The Bertz CT molecular complexity index is 970. The van der Waals surface area contributed by atoms with E-state index in [1.165, 1.54) is 11.8 Å². The van der Waals surface area contributed by atoms with E-state index in [1.807, 2.05) is 67.1 Å². The second-order valence-electron chi connectivity index (χ2n) is 6.51. The van der Waals surface area contributed by atoms with Crippen molar-refractivity contribution in [3.63, 3.8) is 0 Å². The number of amides is 1. The summed E-state index contributed by atoms with van der Waals surface area (Å²) in [4.78, 5) is 17.7. The minimum absolute atomic E-state index is 0.0145. The number of carbonyl (C=O) groups is 1. The lowest BCUT2D eigenvalue weighted by Crippen LogP contribution is -2.30. The molecule has 0 radical (unpaired) electrons. The molecule has 0 saturated heterocycles. The smallest absolute Gasteiger partial charge is 0.233 e. The first-order chi connectivity index (χ1) is 14.0. The van der Waals surface area contributed by atoms with Gasteiger partial charge in [-0.1, -0.05) is 12.1 Å². The SMILES string of the molecule is COc1ccc(SC(C)C(=O)NCc2ccc(-n3ccnc3C)cc2)cc1OC. The molecule has 152 valence electrons. The van der Waals surface area contributed by atoms with Gasteiger partial charge in [0.05, 0.1) is 19.5 Å². The van der Waals surface area contributed by atoms with Crippen molar-refractivity contribution in [1.29, 1.82) is 0 Å². The number of thioether (sulfide) groups is 1. The number of ether oxygens (including phenoxy) is 2. The van der Waals surface area contributed by atoms with E-state index in [0.29, 0.717) is 18.0 Å². The summed E-state index contributed by atoms with van der Waals surface area (Å²) in [6, 6.07) is 13.7. The third-order valence-electron chi connectivity index (χ3n) is 4.54. The second-order valence-corrected chi connectivity index (χ2v) is 7.92. The number of aromatic nitrogens is 2. The van der Waals surface area contributed by atoms with Crippen LogP contribution in [-0.4, -0.2) is 34.9 Å². The lowest BCUT2D eigenvalue weighted by Gasteiger charge is -2.14. The van der Waals surface area contributed by atoms with E-state index >= 15 is 0 Å². The molecule has 0 bridgehead atoms. The van der Waals surface area contributed by atoms with Gasteiger partial charge in [-0.2, -0.15) is 0 Å². The van der Waals surface area contributed by atoms with E-state index in [2.05, 4.69) is 10.3 Å². The molecule has 0 fully saturated rings. The van der Waals surface area contributed by atoms with Crippen LogP contribution in [0.4, 0.5) is 0 Å². The van der Waals surface area contributed by atoms with Crippen molar-refractivity contribution < 1.29 is 14.3 Å². The van der Waals surface area contributed by atoms with Crippen LogP contribution in [0.15, 0.2) is 59.8 Å². The van der Waals surface area contributed by atoms with Crippen LogP contribution >= 0.6 is 11.8 Å². The molecular weight excluding hydrogens is 386 g/mol. The molecule has 1 unspecified atom stereocenters. The highest BCUT2D eigenvalue weighted by molar-refractivity contribution is 8.00. The van der Waals surface area contributed by atoms with Gasteiger partial charge in [0.1, 0.15) is 5.82 Å². The molecule has 29 heavy (non-hydrogen) atoms. The van der Waals surface area contributed by atoms with E-state index in [4.69, 9.17) is 9.47 Å². The summed E-state index contributed by atoms with van der Waals surface area (Å²) in [6.45, 7) is 4.34. The Morgan fingerprint density at radius 3 is 2.48 bits per heavy atom. The van der Waals surface area contributed by atoms with Crippen LogP contribution in [-0.2, 0) is 11.3 Å². The first-order valence-electron chi connectivity index (χ1n) is 9.27. The van der Waals surface area contributed by atoms with Crippen molar-refractivity contribution in [3.05, 3.63) is 66.2 Å². The number of carbonyl (C=O) groups excluding carboxylic acids is 1. The highest BCUT2D eigenvalue weighted by atomic mass is 32.2. The fourth-order valence-corrected chi connectivity index (χ4v) is 3.83. The van der Waals surface area contributed by atoms with Crippen molar-refractivity contribution in [3.8, 4) is 17.2 Å². The Balaban J connectivity index is 1.55. The molecule has 3 aromatic rings. The van der Waals surface area contributed by atoms with Gasteiger partial charge in [0.25, 0.3) is 0 Å². The van der Waals surface area contributed by atoms with Crippen LogP contribution in [0.1, 0.15) is 18.3 Å². The van der Waals surface area contributed by atoms with Crippen LogP contribution in [0.3, 0.4) is 0 Å². The Kier molecular flexibility index (Phi) is 6.82. The molecule has 1 amide bonds. The van der Waals surface area contributed by atoms with E-state index in [-0.39, 0.29) is 11.2 Å². The topological polar surface area (TPSA) is 65.4 Å². The molecule has 6 nitrogen and oxygen atoms in total. The van der Waals surface area contributed by atoms with Crippen LogP contribution < -0.4 is 14.8 Å². The normalized spacial score (nSPS) is 11.7. The number of rotatable bonds is 8. The third-order valence-corrected chi connectivity index (χ3v) is 5.64. The molecule has 0 aliphatic rings. The summed E-state index contributed by atoms with van der Waals surface area (Å²) in [7, 11) is 3.20. The van der Waals surface area contributed by atoms with Gasteiger partial charge in [-0.05, 0) is 49.7 Å². The van der Waals surface area contributed by atoms with Crippen molar-refractivity contribution in [1.82, 2.24) is 14.9 Å². The Hall–Kier alpha value is -2.93. The predicted molar refractivity (Wildman–Crippen MR) is 115 cm³/mol. The van der Waals surface area contributed by atoms with Gasteiger partial charge in [-0.3, -0.25) is 4.79 Å². The van der Waals surface area contributed by atoms with Gasteiger partial charge >= 0.3 is 0 Å². The minimum atomic E-state index is -0.235. The molecule has 0 aliphatic heterocycles. The number of nitrogens with one attached hydrogen (secondary N) is 1. The van der Waals surface area contributed by atoms with Crippen molar-refractivity contribution >= 4 is 17.7 Å². The summed E-state index contributed by atoms with van der Waals surface area (Å²) >= 11 is 1.48. The van der Waals surface area contributed by atoms with E-state index < -0.39 is 0 Å². The van der Waals surface area contributed by atoms with Crippen molar-refractivity contribution in [2.24, 2.45) is 0 Å². The van der Waals surface area contributed by atoms with Gasteiger partial charge in [0, 0.05) is 29.5 Å².